The van der Waals surface area contributed by atoms with Gasteiger partial charge >= 0.3 is 6.01 Å². The molecule has 0 radical (unpaired) electrons. The minimum atomic E-state index is -0.0339. The van der Waals surface area contributed by atoms with Crippen molar-refractivity contribution in [2.24, 2.45) is 17.3 Å². The third-order valence-corrected chi connectivity index (χ3v) is 5.14. The Morgan fingerprint density at radius 2 is 2.00 bits per heavy atom. The van der Waals surface area contributed by atoms with Crippen molar-refractivity contribution in [3.63, 3.8) is 0 Å². The molecule has 1 saturated carbocycles. The lowest BCUT2D eigenvalue weighted by molar-refractivity contribution is -0.122. The summed E-state index contributed by atoms with van der Waals surface area (Å²) in [5.74, 6) is 0.486. The summed E-state index contributed by atoms with van der Waals surface area (Å²) in [5.41, 5.74) is 1.27. The molecule has 1 aliphatic carbocycles. The molecule has 4 nitrogen and oxygen atoms in total. The van der Waals surface area contributed by atoms with Crippen molar-refractivity contribution in [2.75, 3.05) is 5.32 Å². The molecule has 0 bridgehead atoms. The number of nitrogens with one attached hydrogen (secondary N) is 1. The number of carbonyl (C=O) groups excluding carboxylic acids is 1. The number of benzene rings is 1. The lowest BCUT2D eigenvalue weighted by Gasteiger charge is -2.38. The van der Waals surface area contributed by atoms with Crippen molar-refractivity contribution in [2.45, 2.75) is 40.0 Å². The van der Waals surface area contributed by atoms with Crippen molar-refractivity contribution < 1.29 is 9.21 Å². The predicted octanol–water partition coefficient (Wildman–Crippen LogP) is 5.54. The van der Waals surface area contributed by atoms with E-state index in [4.69, 9.17) is 27.6 Å². The quantitative estimate of drug-likeness (QED) is 0.770. The maximum atomic E-state index is 12.5. The number of aromatic nitrogens is 1. The molecule has 1 aromatic carbocycles. The topological polar surface area (TPSA) is 55.1 Å². The molecule has 1 amide bonds. The second-order valence-corrected chi connectivity index (χ2v) is 8.17. The molecule has 3 rings (SSSR count). The van der Waals surface area contributed by atoms with Gasteiger partial charge in [0, 0.05) is 12.0 Å². The number of hydrogen-bond donors (Lipinski definition) is 1. The third kappa shape index (κ3) is 3.64. The highest BCUT2D eigenvalue weighted by atomic mass is 35.5. The first-order valence-corrected chi connectivity index (χ1v) is 8.55. The first-order chi connectivity index (χ1) is 10.7. The van der Waals surface area contributed by atoms with Gasteiger partial charge in [0.25, 0.3) is 0 Å². The number of halogens is 2. The zero-order valence-electron chi connectivity index (χ0n) is 13.5. The maximum Gasteiger partial charge on any atom is 0.302 e. The molecule has 23 heavy (non-hydrogen) atoms. The van der Waals surface area contributed by atoms with Crippen LogP contribution in [0.25, 0.3) is 11.1 Å². The summed E-state index contributed by atoms with van der Waals surface area (Å²) in [6, 6.07) is 3.43. The van der Waals surface area contributed by atoms with E-state index in [1.54, 1.807) is 12.1 Å². The van der Waals surface area contributed by atoms with Gasteiger partial charge in [-0.25, -0.2) is 0 Å². The number of amides is 1. The van der Waals surface area contributed by atoms with Crippen LogP contribution in [-0.4, -0.2) is 10.9 Å². The molecule has 6 heteroatoms. The number of anilines is 1. The van der Waals surface area contributed by atoms with Crippen LogP contribution in [0.3, 0.4) is 0 Å². The number of nitrogens with zero attached hydrogens (tertiary/aromatic N) is 1. The van der Waals surface area contributed by atoms with Crippen LogP contribution in [0.15, 0.2) is 16.5 Å². The Bertz CT molecular complexity index is 715. The van der Waals surface area contributed by atoms with Crippen molar-refractivity contribution >= 4 is 46.2 Å². The molecule has 1 N–H and O–H groups in total. The van der Waals surface area contributed by atoms with E-state index < -0.39 is 0 Å². The standard InChI is InChI=1S/C17H20Cl2N2O2/c1-9-4-10(8-17(2,3)7-9)15(22)21-16-20-13-5-11(18)12(19)6-14(13)23-16/h5-6,9-10H,4,7-8H2,1-3H3,(H,20,21,22). The number of carbonyl (C=O) groups is 1. The summed E-state index contributed by atoms with van der Waals surface area (Å²) < 4.78 is 5.56. The summed E-state index contributed by atoms with van der Waals surface area (Å²) in [7, 11) is 0. The van der Waals surface area contributed by atoms with Gasteiger partial charge in [-0.3, -0.25) is 10.1 Å². The Morgan fingerprint density at radius 3 is 2.70 bits per heavy atom. The second-order valence-electron chi connectivity index (χ2n) is 7.35. The monoisotopic (exact) mass is 354 g/mol. The van der Waals surface area contributed by atoms with Crippen LogP contribution in [0.4, 0.5) is 6.01 Å². The Balaban J connectivity index is 1.77. The molecule has 1 heterocycles. The van der Waals surface area contributed by atoms with Gasteiger partial charge in [-0.1, -0.05) is 44.0 Å². The molecule has 2 aromatic rings. The Kier molecular flexibility index (Phi) is 4.32. The average molecular weight is 355 g/mol. The van der Waals surface area contributed by atoms with E-state index in [2.05, 4.69) is 31.1 Å². The van der Waals surface area contributed by atoms with Gasteiger partial charge in [0.15, 0.2) is 5.58 Å². The Morgan fingerprint density at radius 1 is 1.30 bits per heavy atom. The van der Waals surface area contributed by atoms with E-state index in [0.29, 0.717) is 27.1 Å². The molecule has 2 unspecified atom stereocenters. The van der Waals surface area contributed by atoms with Gasteiger partial charge in [0.05, 0.1) is 10.0 Å². The first-order valence-electron chi connectivity index (χ1n) is 7.80. The molecule has 0 spiro atoms. The summed E-state index contributed by atoms with van der Waals surface area (Å²) in [6.07, 6.45) is 2.92. The molecule has 0 aliphatic heterocycles. The van der Waals surface area contributed by atoms with Crippen molar-refractivity contribution in [3.8, 4) is 0 Å². The fourth-order valence-corrected chi connectivity index (χ4v) is 4.04. The SMILES string of the molecule is CC1CC(C(=O)Nc2nc3cc(Cl)c(Cl)cc3o2)CC(C)(C)C1. The Hall–Kier alpha value is -1.26. The predicted molar refractivity (Wildman–Crippen MR) is 92.9 cm³/mol. The van der Waals surface area contributed by atoms with Crippen LogP contribution < -0.4 is 5.32 Å². The molecule has 0 saturated heterocycles. The van der Waals surface area contributed by atoms with E-state index in [1.807, 2.05) is 0 Å². The molecular weight excluding hydrogens is 335 g/mol. The van der Waals surface area contributed by atoms with E-state index in [-0.39, 0.29) is 23.3 Å². The van der Waals surface area contributed by atoms with Crippen LogP contribution in [0.1, 0.15) is 40.0 Å². The van der Waals surface area contributed by atoms with Gasteiger partial charge in [-0.15, -0.1) is 0 Å². The summed E-state index contributed by atoms with van der Waals surface area (Å²) >= 11 is 11.9. The lowest BCUT2D eigenvalue weighted by Crippen LogP contribution is -2.34. The van der Waals surface area contributed by atoms with Crippen molar-refractivity contribution in [1.82, 2.24) is 4.98 Å². The zero-order chi connectivity index (χ0) is 16.8. The Labute approximate surface area is 145 Å². The molecule has 1 aliphatic rings. The minimum absolute atomic E-state index is 0.0176. The third-order valence-electron chi connectivity index (χ3n) is 4.42. The number of rotatable bonds is 2. The van der Waals surface area contributed by atoms with Gasteiger partial charge in [-0.05, 0) is 36.7 Å². The fraction of sp³-hybridized carbons (Fsp3) is 0.529. The van der Waals surface area contributed by atoms with Crippen LogP contribution >= 0.6 is 23.2 Å². The highest BCUT2D eigenvalue weighted by Crippen LogP contribution is 2.42. The maximum absolute atomic E-state index is 12.5. The number of oxazole rings is 1. The summed E-state index contributed by atoms with van der Waals surface area (Å²) in [5, 5.41) is 3.60. The van der Waals surface area contributed by atoms with Gasteiger partial charge in [0.2, 0.25) is 5.91 Å². The minimum Gasteiger partial charge on any atom is -0.423 e. The highest BCUT2D eigenvalue weighted by Gasteiger charge is 2.35. The highest BCUT2D eigenvalue weighted by molar-refractivity contribution is 6.42. The van der Waals surface area contributed by atoms with Crippen LogP contribution in [-0.2, 0) is 4.79 Å². The van der Waals surface area contributed by atoms with Crippen molar-refractivity contribution in [3.05, 3.63) is 22.2 Å². The number of fused-ring (bicyclic) bond motifs is 1. The molecule has 2 atom stereocenters. The fourth-order valence-electron chi connectivity index (χ4n) is 3.73. The van der Waals surface area contributed by atoms with E-state index in [1.165, 1.54) is 0 Å². The molecule has 1 aromatic heterocycles. The van der Waals surface area contributed by atoms with E-state index >= 15 is 0 Å². The summed E-state index contributed by atoms with van der Waals surface area (Å²) in [6.45, 7) is 6.63. The molecule has 1 fully saturated rings. The van der Waals surface area contributed by atoms with Crippen LogP contribution in [0.5, 0.6) is 0 Å². The molecular formula is C17H20Cl2N2O2. The van der Waals surface area contributed by atoms with Gasteiger partial charge in [-0.2, -0.15) is 4.98 Å². The second kappa shape index (κ2) is 5.99. The lowest BCUT2D eigenvalue weighted by atomic mass is 9.68. The van der Waals surface area contributed by atoms with Gasteiger partial charge in [0.1, 0.15) is 5.52 Å². The van der Waals surface area contributed by atoms with Crippen LogP contribution in [0.2, 0.25) is 10.0 Å². The van der Waals surface area contributed by atoms with Crippen molar-refractivity contribution in [1.29, 1.82) is 0 Å². The smallest absolute Gasteiger partial charge is 0.302 e. The first kappa shape index (κ1) is 16.6. The van der Waals surface area contributed by atoms with E-state index in [9.17, 15) is 4.79 Å². The average Bonchev–Trinajstić information content (AvgIpc) is 2.78. The van der Waals surface area contributed by atoms with E-state index in [0.717, 1.165) is 19.3 Å². The number of hydrogen-bond acceptors (Lipinski definition) is 3. The summed E-state index contributed by atoms with van der Waals surface area (Å²) in [4.78, 5) is 16.8. The molecule has 124 valence electrons. The van der Waals surface area contributed by atoms with Gasteiger partial charge < -0.3 is 4.42 Å². The zero-order valence-corrected chi connectivity index (χ0v) is 15.0. The normalized spacial score (nSPS) is 23.9. The largest absolute Gasteiger partial charge is 0.423 e. The van der Waals surface area contributed by atoms with Crippen LogP contribution in [0, 0.1) is 17.3 Å².